The quantitative estimate of drug-likeness (QED) is 0.615. The highest BCUT2D eigenvalue weighted by Gasteiger charge is 2.25. The van der Waals surface area contributed by atoms with Gasteiger partial charge in [-0.3, -0.25) is 4.79 Å². The minimum Gasteiger partial charge on any atom is -0.454 e. The van der Waals surface area contributed by atoms with Crippen molar-refractivity contribution < 1.29 is 23.8 Å². The van der Waals surface area contributed by atoms with E-state index in [0.29, 0.717) is 28.5 Å². The predicted molar refractivity (Wildman–Crippen MR) is 112 cm³/mol. The molecule has 1 aliphatic rings. The zero-order chi connectivity index (χ0) is 22.0. The van der Waals surface area contributed by atoms with Gasteiger partial charge in [-0.25, -0.2) is 9.48 Å². The Kier molecular flexibility index (Phi) is 5.62. The Labute approximate surface area is 179 Å². The van der Waals surface area contributed by atoms with Crippen LogP contribution < -0.4 is 14.8 Å². The number of hydrogen-bond acceptors (Lipinski definition) is 6. The fourth-order valence-electron chi connectivity index (χ4n) is 3.42. The first-order valence-electron chi connectivity index (χ1n) is 9.93. The molecule has 0 unspecified atom stereocenters. The van der Waals surface area contributed by atoms with Crippen LogP contribution in [-0.2, 0) is 16.1 Å². The second-order valence-electron chi connectivity index (χ2n) is 7.25. The van der Waals surface area contributed by atoms with E-state index in [1.165, 1.54) is 0 Å². The van der Waals surface area contributed by atoms with E-state index in [1.54, 1.807) is 31.5 Å². The van der Waals surface area contributed by atoms with E-state index in [9.17, 15) is 9.59 Å². The molecule has 3 aromatic rings. The van der Waals surface area contributed by atoms with Gasteiger partial charge in [0.2, 0.25) is 6.79 Å². The molecule has 0 fully saturated rings. The number of fused-ring (bicyclic) bond motifs is 1. The number of aryl methyl sites for hydroxylation is 1. The lowest BCUT2D eigenvalue weighted by molar-refractivity contribution is -0.129. The van der Waals surface area contributed by atoms with Gasteiger partial charge in [0.25, 0.3) is 5.91 Å². The first-order chi connectivity index (χ1) is 14.9. The molecule has 4 rings (SSSR count). The Hall–Kier alpha value is -3.81. The second-order valence-corrected chi connectivity index (χ2v) is 7.25. The Bertz CT molecular complexity index is 1120. The molecular weight excluding hydrogens is 398 g/mol. The largest absolute Gasteiger partial charge is 0.454 e. The third-order valence-electron chi connectivity index (χ3n) is 5.05. The lowest BCUT2D eigenvalue weighted by Gasteiger charge is -2.14. The third kappa shape index (κ3) is 4.23. The van der Waals surface area contributed by atoms with Crippen molar-refractivity contribution in [2.24, 2.45) is 0 Å². The maximum absolute atomic E-state index is 12.8. The summed E-state index contributed by atoms with van der Waals surface area (Å²) in [6.45, 7) is 5.56. The number of esters is 1. The van der Waals surface area contributed by atoms with Crippen LogP contribution in [0.5, 0.6) is 11.5 Å². The summed E-state index contributed by atoms with van der Waals surface area (Å²) in [5.74, 6) is 0.353. The lowest BCUT2D eigenvalue weighted by Crippen LogP contribution is -2.35. The van der Waals surface area contributed by atoms with Gasteiger partial charge in [-0.05, 0) is 50.6 Å². The molecule has 0 spiro atoms. The summed E-state index contributed by atoms with van der Waals surface area (Å²) in [7, 11) is 0. The topological polar surface area (TPSA) is 91.7 Å². The number of ether oxygens (including phenoxy) is 3. The molecule has 31 heavy (non-hydrogen) atoms. The smallest absolute Gasteiger partial charge is 0.342 e. The van der Waals surface area contributed by atoms with E-state index in [-0.39, 0.29) is 13.3 Å². The second kappa shape index (κ2) is 8.51. The molecule has 0 saturated heterocycles. The number of nitrogens with zero attached hydrogens (tertiary/aromatic N) is 2. The molecule has 2 heterocycles. The van der Waals surface area contributed by atoms with E-state index in [2.05, 4.69) is 10.4 Å². The molecule has 0 radical (unpaired) electrons. The summed E-state index contributed by atoms with van der Waals surface area (Å²) in [4.78, 5) is 25.2. The number of para-hydroxylation sites is 1. The number of benzene rings is 2. The van der Waals surface area contributed by atoms with E-state index in [1.807, 2.05) is 42.5 Å². The molecule has 0 bridgehead atoms. The van der Waals surface area contributed by atoms with Crippen molar-refractivity contribution in [2.75, 3.05) is 6.79 Å². The summed E-state index contributed by atoms with van der Waals surface area (Å²) in [5, 5.41) is 7.22. The van der Waals surface area contributed by atoms with Crippen LogP contribution in [0, 0.1) is 13.8 Å². The van der Waals surface area contributed by atoms with Gasteiger partial charge in [0.15, 0.2) is 17.6 Å². The average molecular weight is 421 g/mol. The van der Waals surface area contributed by atoms with Crippen molar-refractivity contribution in [1.29, 1.82) is 0 Å². The maximum Gasteiger partial charge on any atom is 0.342 e. The molecule has 2 aromatic carbocycles. The standard InChI is InChI=1S/C23H23N3O5/c1-14-21(15(2)26(25-14)18-7-5-4-6-8-18)23(28)31-16(3)22(27)24-12-17-9-10-19-20(11-17)30-13-29-19/h4-11,16H,12-13H2,1-3H3,(H,24,27)/t16-/m1/s1. The first kappa shape index (κ1) is 20.5. The number of carbonyl (C=O) groups is 2. The van der Waals surface area contributed by atoms with Crippen molar-refractivity contribution in [3.05, 3.63) is 71.0 Å². The Morgan fingerprint density at radius 3 is 2.65 bits per heavy atom. The van der Waals surface area contributed by atoms with Gasteiger partial charge in [-0.15, -0.1) is 0 Å². The van der Waals surface area contributed by atoms with Crippen molar-refractivity contribution in [3.63, 3.8) is 0 Å². The number of hydrogen-bond donors (Lipinski definition) is 1. The normalized spacial score (nSPS) is 13.0. The molecule has 0 aliphatic carbocycles. The monoisotopic (exact) mass is 421 g/mol. The van der Waals surface area contributed by atoms with Crippen LogP contribution in [0.15, 0.2) is 48.5 Å². The number of nitrogens with one attached hydrogen (secondary N) is 1. The highest BCUT2D eigenvalue weighted by Crippen LogP contribution is 2.32. The van der Waals surface area contributed by atoms with Crippen molar-refractivity contribution in [3.8, 4) is 17.2 Å². The van der Waals surface area contributed by atoms with Crippen LogP contribution >= 0.6 is 0 Å². The Morgan fingerprint density at radius 2 is 1.87 bits per heavy atom. The third-order valence-corrected chi connectivity index (χ3v) is 5.05. The molecule has 160 valence electrons. The highest BCUT2D eigenvalue weighted by atomic mass is 16.7. The Morgan fingerprint density at radius 1 is 1.13 bits per heavy atom. The van der Waals surface area contributed by atoms with Crippen molar-refractivity contribution >= 4 is 11.9 Å². The van der Waals surface area contributed by atoms with Crippen LogP contribution in [0.3, 0.4) is 0 Å². The van der Waals surface area contributed by atoms with Gasteiger partial charge in [0, 0.05) is 6.54 Å². The molecule has 1 atom stereocenters. The fraction of sp³-hybridized carbons (Fsp3) is 0.261. The highest BCUT2D eigenvalue weighted by molar-refractivity contribution is 5.94. The van der Waals surface area contributed by atoms with Gasteiger partial charge in [-0.2, -0.15) is 5.10 Å². The first-order valence-corrected chi connectivity index (χ1v) is 9.93. The van der Waals surface area contributed by atoms with E-state index in [4.69, 9.17) is 14.2 Å². The van der Waals surface area contributed by atoms with Crippen LogP contribution in [0.2, 0.25) is 0 Å². The number of carbonyl (C=O) groups excluding carboxylic acids is 2. The van der Waals surface area contributed by atoms with Crippen molar-refractivity contribution in [1.82, 2.24) is 15.1 Å². The minimum absolute atomic E-state index is 0.192. The molecule has 1 aromatic heterocycles. The summed E-state index contributed by atoms with van der Waals surface area (Å²) >= 11 is 0. The predicted octanol–water partition coefficient (Wildman–Crippen LogP) is 3.08. The number of aromatic nitrogens is 2. The maximum atomic E-state index is 12.8. The summed E-state index contributed by atoms with van der Waals surface area (Å²) < 4.78 is 17.7. The minimum atomic E-state index is -0.958. The zero-order valence-electron chi connectivity index (χ0n) is 17.5. The fourth-order valence-corrected chi connectivity index (χ4v) is 3.42. The Balaban J connectivity index is 1.39. The molecular formula is C23H23N3O5. The lowest BCUT2D eigenvalue weighted by atomic mass is 10.2. The van der Waals surface area contributed by atoms with Gasteiger partial charge >= 0.3 is 5.97 Å². The molecule has 1 N–H and O–H groups in total. The number of rotatable bonds is 6. The van der Waals surface area contributed by atoms with Crippen LogP contribution in [-0.4, -0.2) is 34.6 Å². The summed E-state index contributed by atoms with van der Waals surface area (Å²) in [6.07, 6.45) is -0.958. The van der Waals surface area contributed by atoms with Gasteiger partial charge in [-0.1, -0.05) is 24.3 Å². The summed E-state index contributed by atoms with van der Waals surface area (Å²) in [6, 6.07) is 15.0. The van der Waals surface area contributed by atoms with Gasteiger partial charge in [0.05, 0.1) is 17.1 Å². The van der Waals surface area contributed by atoms with E-state index >= 15 is 0 Å². The summed E-state index contributed by atoms with van der Waals surface area (Å²) in [5.41, 5.74) is 3.25. The molecule has 0 saturated carbocycles. The van der Waals surface area contributed by atoms with Crippen LogP contribution in [0.25, 0.3) is 5.69 Å². The van der Waals surface area contributed by atoms with Gasteiger partial charge in [0.1, 0.15) is 5.56 Å². The van der Waals surface area contributed by atoms with Gasteiger partial charge < -0.3 is 19.5 Å². The average Bonchev–Trinajstić information content (AvgIpc) is 3.35. The SMILES string of the molecule is Cc1nn(-c2ccccc2)c(C)c1C(=O)O[C@H](C)C(=O)NCc1ccc2c(c1)OCO2. The van der Waals surface area contributed by atoms with E-state index < -0.39 is 18.0 Å². The van der Waals surface area contributed by atoms with E-state index in [0.717, 1.165) is 11.3 Å². The van der Waals surface area contributed by atoms with Crippen LogP contribution in [0.4, 0.5) is 0 Å². The molecule has 1 amide bonds. The molecule has 8 nitrogen and oxygen atoms in total. The van der Waals surface area contributed by atoms with Crippen molar-refractivity contribution in [2.45, 2.75) is 33.4 Å². The molecule has 1 aliphatic heterocycles. The molecule has 8 heteroatoms. The zero-order valence-corrected chi connectivity index (χ0v) is 17.5. The number of amides is 1. The van der Waals surface area contributed by atoms with Crippen LogP contribution in [0.1, 0.15) is 34.2 Å².